The molecule has 0 radical (unpaired) electrons. The van der Waals surface area contributed by atoms with Gasteiger partial charge in [-0.15, -0.1) is 0 Å². The van der Waals surface area contributed by atoms with E-state index in [-0.39, 0.29) is 17.9 Å². The van der Waals surface area contributed by atoms with E-state index < -0.39 is 0 Å². The van der Waals surface area contributed by atoms with Crippen LogP contribution < -0.4 is 0 Å². The minimum Gasteiger partial charge on any atom is -0.462 e. The van der Waals surface area contributed by atoms with Crippen LogP contribution in [0.1, 0.15) is 78.6 Å². The first kappa shape index (κ1) is 19.7. The Hall–Kier alpha value is -1.32. The first-order valence-electron chi connectivity index (χ1n) is 9.22. The van der Waals surface area contributed by atoms with Crippen LogP contribution in [-0.4, -0.2) is 25.2 Å². The Labute approximate surface area is 140 Å². The van der Waals surface area contributed by atoms with E-state index >= 15 is 0 Å². The summed E-state index contributed by atoms with van der Waals surface area (Å²) in [6, 6.07) is 0. The van der Waals surface area contributed by atoms with Gasteiger partial charge in [-0.2, -0.15) is 0 Å². The summed E-state index contributed by atoms with van der Waals surface area (Å²) in [5, 5.41) is 0. The summed E-state index contributed by atoms with van der Waals surface area (Å²) in [6.07, 6.45) is 8.31. The van der Waals surface area contributed by atoms with Gasteiger partial charge in [-0.05, 0) is 38.0 Å². The lowest BCUT2D eigenvalue weighted by molar-refractivity contribution is -0.143. The normalized spacial score (nSPS) is 16.7. The maximum absolute atomic E-state index is 12.6. The van der Waals surface area contributed by atoms with Crippen molar-refractivity contribution in [1.29, 1.82) is 0 Å². The molecule has 23 heavy (non-hydrogen) atoms. The number of rotatable bonds is 9. The molecule has 1 aliphatic rings. The molecule has 0 saturated heterocycles. The Kier molecular flexibility index (Phi) is 9.65. The molecule has 1 saturated carbocycles. The molecule has 0 N–H and O–H groups in total. The van der Waals surface area contributed by atoms with Crippen LogP contribution in [0.2, 0.25) is 0 Å². The zero-order valence-electron chi connectivity index (χ0n) is 15.0. The molecule has 0 atom stereocenters. The van der Waals surface area contributed by atoms with E-state index in [1.54, 1.807) is 0 Å². The highest BCUT2D eigenvalue weighted by Crippen LogP contribution is 2.33. The first-order valence-corrected chi connectivity index (χ1v) is 9.22. The number of hydrogen-bond donors (Lipinski definition) is 0. The molecule has 0 aromatic heterocycles. The van der Waals surface area contributed by atoms with Gasteiger partial charge < -0.3 is 9.47 Å². The largest absolute Gasteiger partial charge is 0.462 e. The number of carbonyl (C=O) groups is 2. The smallest absolute Gasteiger partial charge is 0.334 e. The zero-order chi connectivity index (χ0) is 17.1. The van der Waals surface area contributed by atoms with Crippen LogP contribution in [0.25, 0.3) is 0 Å². The van der Waals surface area contributed by atoms with Crippen LogP contribution in [0.15, 0.2) is 11.1 Å². The summed E-state index contributed by atoms with van der Waals surface area (Å²) in [5.74, 6) is -0.498. The Bertz CT molecular complexity index is 406. The average Bonchev–Trinajstić information content (AvgIpc) is 2.58. The van der Waals surface area contributed by atoms with E-state index in [4.69, 9.17) is 9.47 Å². The molecule has 0 amide bonds. The van der Waals surface area contributed by atoms with Gasteiger partial charge in [0, 0.05) is 5.57 Å². The van der Waals surface area contributed by atoms with Crippen LogP contribution in [0.3, 0.4) is 0 Å². The minimum absolute atomic E-state index is 0.142. The number of carbonyl (C=O) groups excluding carboxylic acids is 2. The standard InChI is InChI=1S/C19H32O4/c1-4-10-16(18(20)22-13-5-2)17(19(21)23-14-6-3)15-11-8-7-9-12-15/h15H,4-14H2,1-3H3. The summed E-state index contributed by atoms with van der Waals surface area (Å²) in [4.78, 5) is 25.1. The molecule has 1 rings (SSSR count). The van der Waals surface area contributed by atoms with Crippen LogP contribution in [0, 0.1) is 5.92 Å². The Balaban J connectivity index is 3.10. The number of hydrogen-bond acceptors (Lipinski definition) is 4. The van der Waals surface area contributed by atoms with Gasteiger partial charge in [0.1, 0.15) is 0 Å². The van der Waals surface area contributed by atoms with E-state index in [1.165, 1.54) is 6.42 Å². The molecule has 0 aromatic carbocycles. The fourth-order valence-electron chi connectivity index (χ4n) is 3.08. The van der Waals surface area contributed by atoms with Crippen molar-refractivity contribution in [2.75, 3.05) is 13.2 Å². The summed E-state index contributed by atoms with van der Waals surface area (Å²) >= 11 is 0. The second-order valence-corrected chi connectivity index (χ2v) is 6.25. The van der Waals surface area contributed by atoms with Crippen molar-refractivity contribution >= 4 is 11.9 Å². The van der Waals surface area contributed by atoms with Crippen LogP contribution >= 0.6 is 0 Å². The lowest BCUT2D eigenvalue weighted by Gasteiger charge is -2.25. The highest BCUT2D eigenvalue weighted by molar-refractivity contribution is 6.00. The monoisotopic (exact) mass is 324 g/mol. The van der Waals surface area contributed by atoms with E-state index in [2.05, 4.69) is 0 Å². The average molecular weight is 324 g/mol. The fourth-order valence-corrected chi connectivity index (χ4v) is 3.08. The van der Waals surface area contributed by atoms with Gasteiger partial charge >= 0.3 is 11.9 Å². The summed E-state index contributed by atoms with van der Waals surface area (Å²) in [7, 11) is 0. The third kappa shape index (κ3) is 6.36. The fraction of sp³-hybridized carbons (Fsp3) is 0.789. The summed E-state index contributed by atoms with van der Waals surface area (Å²) in [6.45, 7) is 6.75. The van der Waals surface area contributed by atoms with Crippen molar-refractivity contribution in [1.82, 2.24) is 0 Å². The molecule has 0 aliphatic heterocycles. The molecular formula is C19H32O4. The van der Waals surface area contributed by atoms with Crippen molar-refractivity contribution in [2.24, 2.45) is 5.92 Å². The maximum Gasteiger partial charge on any atom is 0.334 e. The topological polar surface area (TPSA) is 52.6 Å². The Morgan fingerprint density at radius 2 is 1.39 bits per heavy atom. The highest BCUT2D eigenvalue weighted by Gasteiger charge is 2.30. The first-order chi connectivity index (χ1) is 11.2. The van der Waals surface area contributed by atoms with Gasteiger partial charge in [0.2, 0.25) is 0 Å². The van der Waals surface area contributed by atoms with Crippen LogP contribution in [-0.2, 0) is 19.1 Å². The van der Waals surface area contributed by atoms with E-state index in [0.29, 0.717) is 30.8 Å². The molecule has 1 aliphatic carbocycles. The van der Waals surface area contributed by atoms with Gasteiger partial charge in [0.25, 0.3) is 0 Å². The predicted molar refractivity (Wildman–Crippen MR) is 91.0 cm³/mol. The molecular weight excluding hydrogens is 292 g/mol. The van der Waals surface area contributed by atoms with Crippen LogP contribution in [0.4, 0.5) is 0 Å². The molecule has 0 spiro atoms. The molecule has 4 heteroatoms. The van der Waals surface area contributed by atoms with Crippen molar-refractivity contribution in [3.8, 4) is 0 Å². The molecule has 132 valence electrons. The number of ether oxygens (including phenoxy) is 2. The number of esters is 2. The Morgan fingerprint density at radius 3 is 1.91 bits per heavy atom. The lowest BCUT2D eigenvalue weighted by Crippen LogP contribution is -2.24. The van der Waals surface area contributed by atoms with Gasteiger partial charge in [-0.25, -0.2) is 9.59 Å². The molecule has 0 unspecified atom stereocenters. The van der Waals surface area contributed by atoms with Crippen molar-refractivity contribution in [3.05, 3.63) is 11.1 Å². The second kappa shape index (κ2) is 11.3. The summed E-state index contributed by atoms with van der Waals surface area (Å²) < 4.78 is 10.7. The van der Waals surface area contributed by atoms with E-state index in [9.17, 15) is 9.59 Å². The van der Waals surface area contributed by atoms with Gasteiger partial charge in [-0.3, -0.25) is 0 Å². The lowest BCUT2D eigenvalue weighted by atomic mass is 9.81. The molecule has 4 nitrogen and oxygen atoms in total. The third-order valence-electron chi connectivity index (χ3n) is 4.18. The van der Waals surface area contributed by atoms with Crippen molar-refractivity contribution < 1.29 is 19.1 Å². The zero-order valence-corrected chi connectivity index (χ0v) is 15.0. The third-order valence-corrected chi connectivity index (χ3v) is 4.18. The molecule has 1 fully saturated rings. The van der Waals surface area contributed by atoms with Crippen molar-refractivity contribution in [2.45, 2.75) is 78.6 Å². The maximum atomic E-state index is 12.6. The van der Waals surface area contributed by atoms with E-state index in [0.717, 1.165) is 44.9 Å². The Morgan fingerprint density at radius 1 is 0.826 bits per heavy atom. The van der Waals surface area contributed by atoms with Gasteiger partial charge in [0.05, 0.1) is 18.8 Å². The van der Waals surface area contributed by atoms with Gasteiger partial charge in [0.15, 0.2) is 0 Å². The molecule has 0 heterocycles. The van der Waals surface area contributed by atoms with Crippen molar-refractivity contribution in [3.63, 3.8) is 0 Å². The highest BCUT2D eigenvalue weighted by atomic mass is 16.5. The quantitative estimate of drug-likeness (QED) is 0.460. The van der Waals surface area contributed by atoms with Gasteiger partial charge in [-0.1, -0.05) is 46.5 Å². The molecule has 0 aromatic rings. The molecule has 0 bridgehead atoms. The predicted octanol–water partition coefficient (Wildman–Crippen LogP) is 4.57. The second-order valence-electron chi connectivity index (χ2n) is 6.25. The minimum atomic E-state index is -0.331. The van der Waals surface area contributed by atoms with E-state index in [1.807, 2.05) is 20.8 Å². The summed E-state index contributed by atoms with van der Waals surface area (Å²) in [5.41, 5.74) is 1.15. The van der Waals surface area contributed by atoms with Crippen LogP contribution in [0.5, 0.6) is 0 Å². The SMILES string of the molecule is CCCOC(=O)C(CCC)=C(C(=O)OCCC)C1CCCCC1.